The standard InChI is InChI=1S/C17H23NO3S2/c1-3-21-16(19)5-4-14-12(2)17(22-8-9-23-17)10-15(18-14)13-6-7-20-11-13/h4-7,11-12,14-15,18H,3,8-10H2,1-2H3/b5-4+/t12-,14-,15-/m0/s1. The molecule has 23 heavy (non-hydrogen) atoms. The fraction of sp³-hybridized carbons (Fsp3) is 0.588. The second-order valence-corrected chi connectivity index (χ2v) is 9.02. The lowest BCUT2D eigenvalue weighted by Gasteiger charge is -2.46. The molecule has 4 nitrogen and oxygen atoms in total. The Morgan fingerprint density at radius 3 is 2.96 bits per heavy atom. The van der Waals surface area contributed by atoms with Crippen molar-refractivity contribution >= 4 is 29.5 Å². The third-order valence-corrected chi connectivity index (χ3v) is 8.40. The van der Waals surface area contributed by atoms with Crippen LogP contribution in [0.2, 0.25) is 0 Å². The monoisotopic (exact) mass is 353 g/mol. The van der Waals surface area contributed by atoms with Crippen molar-refractivity contribution in [3.05, 3.63) is 36.3 Å². The maximum atomic E-state index is 11.7. The quantitative estimate of drug-likeness (QED) is 0.659. The molecule has 0 aromatic carbocycles. The van der Waals surface area contributed by atoms with Crippen LogP contribution in [0, 0.1) is 5.92 Å². The zero-order chi connectivity index (χ0) is 16.3. The summed E-state index contributed by atoms with van der Waals surface area (Å²) in [6.45, 7) is 4.51. The molecule has 3 atom stereocenters. The molecule has 0 radical (unpaired) electrons. The minimum absolute atomic E-state index is 0.145. The van der Waals surface area contributed by atoms with Crippen molar-refractivity contribution in [1.29, 1.82) is 0 Å². The van der Waals surface area contributed by atoms with Gasteiger partial charge in [-0.15, -0.1) is 23.5 Å². The molecule has 0 bridgehead atoms. The van der Waals surface area contributed by atoms with E-state index >= 15 is 0 Å². The summed E-state index contributed by atoms with van der Waals surface area (Å²) in [4.78, 5) is 11.7. The maximum Gasteiger partial charge on any atom is 0.330 e. The molecule has 6 heteroatoms. The van der Waals surface area contributed by atoms with Gasteiger partial charge >= 0.3 is 5.97 Å². The second-order valence-electron chi connectivity index (χ2n) is 5.91. The van der Waals surface area contributed by atoms with Crippen molar-refractivity contribution in [3.63, 3.8) is 0 Å². The first-order valence-corrected chi connectivity index (χ1v) is 10.0. The molecule has 3 rings (SSSR count). The highest BCUT2D eigenvalue weighted by molar-refractivity contribution is 8.21. The van der Waals surface area contributed by atoms with Crippen LogP contribution in [-0.4, -0.2) is 34.2 Å². The SMILES string of the molecule is CCOC(=O)/C=C/[C@@H]1N[C@H](c2ccoc2)CC2(SCCS2)[C@H]1C. The van der Waals surface area contributed by atoms with Gasteiger partial charge in [0.25, 0.3) is 0 Å². The third kappa shape index (κ3) is 3.64. The molecule has 0 amide bonds. The van der Waals surface area contributed by atoms with E-state index in [0.717, 1.165) is 6.42 Å². The summed E-state index contributed by atoms with van der Waals surface area (Å²) in [6, 6.07) is 2.42. The van der Waals surface area contributed by atoms with Crippen LogP contribution in [0.1, 0.15) is 31.9 Å². The van der Waals surface area contributed by atoms with E-state index in [1.165, 1.54) is 17.1 Å². The lowest BCUT2D eigenvalue weighted by Crippen LogP contribution is -2.51. The number of furan rings is 1. The first-order chi connectivity index (χ1) is 11.1. The van der Waals surface area contributed by atoms with Gasteiger partial charge in [0.1, 0.15) is 0 Å². The van der Waals surface area contributed by atoms with Crippen LogP contribution in [0.4, 0.5) is 0 Å². The van der Waals surface area contributed by atoms with Crippen LogP contribution in [0.15, 0.2) is 35.2 Å². The van der Waals surface area contributed by atoms with Crippen LogP contribution in [0.3, 0.4) is 0 Å². The largest absolute Gasteiger partial charge is 0.472 e. The molecule has 2 aliphatic rings. The van der Waals surface area contributed by atoms with Crippen molar-refractivity contribution < 1.29 is 13.9 Å². The van der Waals surface area contributed by atoms with Crippen molar-refractivity contribution in [2.45, 2.75) is 36.4 Å². The summed E-state index contributed by atoms with van der Waals surface area (Å²) in [5, 5.41) is 3.67. The van der Waals surface area contributed by atoms with Gasteiger partial charge in [0.15, 0.2) is 0 Å². The number of hydrogen-bond acceptors (Lipinski definition) is 6. The van der Waals surface area contributed by atoms with Crippen molar-refractivity contribution in [3.8, 4) is 0 Å². The molecule has 2 saturated heterocycles. The van der Waals surface area contributed by atoms with Crippen molar-refractivity contribution in [2.75, 3.05) is 18.1 Å². The molecule has 1 N–H and O–H groups in total. The molecular weight excluding hydrogens is 330 g/mol. The minimum atomic E-state index is -0.271. The van der Waals surface area contributed by atoms with Crippen LogP contribution >= 0.6 is 23.5 Å². The Labute approximate surface area is 145 Å². The number of carbonyl (C=O) groups is 1. The number of ether oxygens (including phenoxy) is 1. The zero-order valence-electron chi connectivity index (χ0n) is 13.5. The highest BCUT2D eigenvalue weighted by Crippen LogP contribution is 2.56. The van der Waals surface area contributed by atoms with Crippen LogP contribution < -0.4 is 5.32 Å². The number of rotatable bonds is 4. The Kier molecular flexibility index (Phi) is 5.44. The molecule has 3 heterocycles. The maximum absolute atomic E-state index is 11.7. The van der Waals surface area contributed by atoms with E-state index in [4.69, 9.17) is 9.15 Å². The zero-order valence-corrected chi connectivity index (χ0v) is 15.1. The summed E-state index contributed by atoms with van der Waals surface area (Å²) in [5.41, 5.74) is 1.18. The van der Waals surface area contributed by atoms with E-state index in [0.29, 0.717) is 12.5 Å². The van der Waals surface area contributed by atoms with Gasteiger partial charge in [-0.3, -0.25) is 0 Å². The van der Waals surface area contributed by atoms with E-state index < -0.39 is 0 Å². The minimum Gasteiger partial charge on any atom is -0.472 e. The molecular formula is C17H23NO3S2. The summed E-state index contributed by atoms with van der Waals surface area (Å²) >= 11 is 4.13. The Hall–Kier alpha value is -0.850. The molecule has 1 aromatic rings. The molecule has 0 aliphatic carbocycles. The Morgan fingerprint density at radius 1 is 1.52 bits per heavy atom. The van der Waals surface area contributed by atoms with Gasteiger partial charge in [0, 0.05) is 35.2 Å². The fourth-order valence-electron chi connectivity index (χ4n) is 3.31. The molecule has 0 unspecified atom stereocenters. The lowest BCUT2D eigenvalue weighted by molar-refractivity contribution is -0.137. The number of thioether (sulfide) groups is 2. The smallest absolute Gasteiger partial charge is 0.330 e. The Morgan fingerprint density at radius 2 is 2.30 bits per heavy atom. The molecule has 1 aromatic heterocycles. The Bertz CT molecular complexity index is 552. The highest BCUT2D eigenvalue weighted by atomic mass is 32.2. The summed E-state index contributed by atoms with van der Waals surface area (Å²) < 4.78 is 10.5. The van der Waals surface area contributed by atoms with Gasteiger partial charge in [0.05, 0.1) is 23.2 Å². The second kappa shape index (κ2) is 7.36. The summed E-state index contributed by atoms with van der Waals surface area (Å²) in [7, 11) is 0. The van der Waals surface area contributed by atoms with Gasteiger partial charge in [-0.2, -0.15) is 0 Å². The predicted molar refractivity (Wildman–Crippen MR) is 95.6 cm³/mol. The van der Waals surface area contributed by atoms with E-state index in [2.05, 4.69) is 35.8 Å². The average molecular weight is 354 g/mol. The number of carbonyl (C=O) groups excluding carboxylic acids is 1. The summed E-state index contributed by atoms with van der Waals surface area (Å²) in [6.07, 6.45) is 8.15. The fourth-order valence-corrected chi connectivity index (χ4v) is 6.89. The molecule has 2 aliphatic heterocycles. The third-order valence-electron chi connectivity index (χ3n) is 4.56. The van der Waals surface area contributed by atoms with Crippen molar-refractivity contribution in [2.24, 2.45) is 5.92 Å². The lowest BCUT2D eigenvalue weighted by atomic mass is 9.85. The van der Waals surface area contributed by atoms with Crippen LogP contribution in [0.5, 0.6) is 0 Å². The number of nitrogens with one attached hydrogen (secondary N) is 1. The number of hydrogen-bond donors (Lipinski definition) is 1. The summed E-state index contributed by atoms with van der Waals surface area (Å²) in [5.74, 6) is 2.56. The van der Waals surface area contributed by atoms with Crippen LogP contribution in [-0.2, 0) is 9.53 Å². The van der Waals surface area contributed by atoms with Gasteiger partial charge < -0.3 is 14.5 Å². The van der Waals surface area contributed by atoms with E-state index in [-0.39, 0.29) is 22.1 Å². The van der Waals surface area contributed by atoms with Crippen molar-refractivity contribution in [1.82, 2.24) is 5.32 Å². The van der Waals surface area contributed by atoms with E-state index in [1.807, 2.05) is 25.3 Å². The van der Waals surface area contributed by atoms with Gasteiger partial charge in [-0.25, -0.2) is 4.79 Å². The first-order valence-electron chi connectivity index (χ1n) is 8.05. The van der Waals surface area contributed by atoms with E-state index in [1.54, 1.807) is 12.3 Å². The number of esters is 1. The highest BCUT2D eigenvalue weighted by Gasteiger charge is 2.49. The molecule has 126 valence electrons. The Balaban J connectivity index is 1.80. The van der Waals surface area contributed by atoms with Gasteiger partial charge in [0.2, 0.25) is 0 Å². The van der Waals surface area contributed by atoms with Crippen LogP contribution in [0.25, 0.3) is 0 Å². The average Bonchev–Trinajstić information content (AvgIpc) is 3.21. The van der Waals surface area contributed by atoms with Gasteiger partial charge in [-0.1, -0.05) is 13.0 Å². The topological polar surface area (TPSA) is 51.5 Å². The first kappa shape index (κ1) is 17.0. The molecule has 2 fully saturated rings. The molecule has 0 saturated carbocycles. The van der Waals surface area contributed by atoms with Gasteiger partial charge in [-0.05, 0) is 25.3 Å². The predicted octanol–water partition coefficient (Wildman–Crippen LogP) is 3.61. The molecule has 1 spiro atoms. The normalized spacial score (nSPS) is 30.1. The van der Waals surface area contributed by atoms with E-state index in [9.17, 15) is 4.79 Å². The number of piperidine rings is 1.